The fraction of sp³-hybridized carbons (Fsp3) is 0.571. The van der Waals surface area contributed by atoms with Gasteiger partial charge in [0.2, 0.25) is 0 Å². The largest absolute Gasteiger partial charge is 0.497 e. The summed E-state index contributed by atoms with van der Waals surface area (Å²) in [6.07, 6.45) is 2.17. The maximum Gasteiger partial charge on any atom is 0.122 e. The first-order chi connectivity index (χ1) is 8.71. The van der Waals surface area contributed by atoms with Crippen molar-refractivity contribution in [1.82, 2.24) is 4.90 Å². The average Bonchev–Trinajstić information content (AvgIpc) is 2.41. The number of methoxy groups -OCH3 is 2. The second-order valence-corrected chi connectivity index (χ2v) is 4.83. The van der Waals surface area contributed by atoms with Crippen LogP contribution >= 0.6 is 12.4 Å². The van der Waals surface area contributed by atoms with Gasteiger partial charge in [0, 0.05) is 18.7 Å². The molecule has 0 aromatic heterocycles. The van der Waals surface area contributed by atoms with Crippen molar-refractivity contribution in [3.05, 3.63) is 23.8 Å². The summed E-state index contributed by atoms with van der Waals surface area (Å²) in [7, 11) is 3.36. The Balaban J connectivity index is 0.00000180. The van der Waals surface area contributed by atoms with Gasteiger partial charge >= 0.3 is 0 Å². The second-order valence-electron chi connectivity index (χ2n) is 4.83. The van der Waals surface area contributed by atoms with Crippen molar-refractivity contribution in [1.29, 1.82) is 0 Å². The van der Waals surface area contributed by atoms with Crippen LogP contribution in [0.15, 0.2) is 18.2 Å². The molecule has 0 amide bonds. The van der Waals surface area contributed by atoms with Crippen LogP contribution in [0.25, 0.3) is 0 Å². The number of hydrogen-bond donors (Lipinski definition) is 1. The molecule has 0 spiro atoms. The molecule has 5 heteroatoms. The van der Waals surface area contributed by atoms with Gasteiger partial charge < -0.3 is 15.2 Å². The van der Waals surface area contributed by atoms with Crippen molar-refractivity contribution in [3.63, 3.8) is 0 Å². The van der Waals surface area contributed by atoms with E-state index >= 15 is 0 Å². The molecule has 108 valence electrons. The number of halogens is 1. The van der Waals surface area contributed by atoms with Crippen LogP contribution in [0.1, 0.15) is 18.4 Å². The summed E-state index contributed by atoms with van der Waals surface area (Å²) in [5.41, 5.74) is 7.14. The zero-order valence-corrected chi connectivity index (χ0v) is 12.4. The molecular formula is C14H23ClN2O2. The average molecular weight is 287 g/mol. The number of hydrogen-bond acceptors (Lipinski definition) is 4. The van der Waals surface area contributed by atoms with Gasteiger partial charge in [-0.15, -0.1) is 12.4 Å². The molecule has 0 atom stereocenters. The van der Waals surface area contributed by atoms with Gasteiger partial charge in [0.05, 0.1) is 14.2 Å². The molecule has 19 heavy (non-hydrogen) atoms. The SMILES string of the molecule is COc1cc(CN2CCC(N)CC2)cc(OC)c1.Cl. The zero-order chi connectivity index (χ0) is 13.0. The summed E-state index contributed by atoms with van der Waals surface area (Å²) in [5.74, 6) is 1.69. The van der Waals surface area contributed by atoms with Crippen LogP contribution in [0.4, 0.5) is 0 Å². The lowest BCUT2D eigenvalue weighted by molar-refractivity contribution is 0.205. The molecule has 0 saturated carbocycles. The summed E-state index contributed by atoms with van der Waals surface area (Å²) in [4.78, 5) is 2.43. The third-order valence-corrected chi connectivity index (χ3v) is 3.45. The predicted octanol–water partition coefficient (Wildman–Crippen LogP) is 2.05. The molecule has 0 aliphatic carbocycles. The summed E-state index contributed by atoms with van der Waals surface area (Å²) in [5, 5.41) is 0. The third-order valence-electron chi connectivity index (χ3n) is 3.45. The van der Waals surface area contributed by atoms with E-state index in [1.807, 2.05) is 6.07 Å². The summed E-state index contributed by atoms with van der Waals surface area (Å²) >= 11 is 0. The third kappa shape index (κ3) is 4.56. The Labute approximate surface area is 121 Å². The van der Waals surface area contributed by atoms with Crippen LogP contribution in [0.5, 0.6) is 11.5 Å². The lowest BCUT2D eigenvalue weighted by Crippen LogP contribution is -2.39. The molecule has 1 fully saturated rings. The monoisotopic (exact) mass is 286 g/mol. The maximum absolute atomic E-state index is 5.91. The highest BCUT2D eigenvalue weighted by Crippen LogP contribution is 2.24. The quantitative estimate of drug-likeness (QED) is 0.920. The van der Waals surface area contributed by atoms with Gasteiger partial charge in [-0.3, -0.25) is 4.90 Å². The Morgan fingerprint density at radius 2 is 1.63 bits per heavy atom. The first kappa shape index (κ1) is 16.1. The van der Waals surface area contributed by atoms with Crippen LogP contribution in [0.3, 0.4) is 0 Å². The smallest absolute Gasteiger partial charge is 0.122 e. The van der Waals surface area contributed by atoms with E-state index in [4.69, 9.17) is 15.2 Å². The molecule has 1 heterocycles. The molecule has 4 nitrogen and oxygen atoms in total. The van der Waals surface area contributed by atoms with E-state index in [0.717, 1.165) is 44.0 Å². The van der Waals surface area contributed by atoms with Gasteiger partial charge in [-0.1, -0.05) is 0 Å². The molecule has 0 bridgehead atoms. The van der Waals surface area contributed by atoms with Gasteiger partial charge in [-0.05, 0) is 43.6 Å². The number of rotatable bonds is 4. The summed E-state index contributed by atoms with van der Waals surface area (Å²) < 4.78 is 10.6. The van der Waals surface area contributed by atoms with Gasteiger partial charge in [0.1, 0.15) is 11.5 Å². The zero-order valence-electron chi connectivity index (χ0n) is 11.6. The molecule has 2 N–H and O–H groups in total. The highest BCUT2D eigenvalue weighted by atomic mass is 35.5. The van der Waals surface area contributed by atoms with Crippen molar-refractivity contribution in [2.24, 2.45) is 5.73 Å². The Morgan fingerprint density at radius 3 is 2.11 bits per heavy atom. The van der Waals surface area contributed by atoms with E-state index in [1.165, 1.54) is 5.56 Å². The highest BCUT2D eigenvalue weighted by Gasteiger charge is 2.16. The minimum Gasteiger partial charge on any atom is -0.497 e. The molecule has 1 aromatic carbocycles. The second kappa shape index (κ2) is 7.58. The molecule has 1 saturated heterocycles. The molecule has 1 aliphatic heterocycles. The van der Waals surface area contributed by atoms with Crippen molar-refractivity contribution in [3.8, 4) is 11.5 Å². The molecule has 2 rings (SSSR count). The Bertz CT molecular complexity index is 371. The minimum atomic E-state index is 0. The number of likely N-dealkylation sites (tertiary alicyclic amines) is 1. The fourth-order valence-corrected chi connectivity index (χ4v) is 2.33. The van der Waals surface area contributed by atoms with E-state index in [2.05, 4.69) is 17.0 Å². The topological polar surface area (TPSA) is 47.7 Å². The maximum atomic E-state index is 5.91. The summed E-state index contributed by atoms with van der Waals surface area (Å²) in [6, 6.07) is 6.41. The standard InChI is InChI=1S/C14H22N2O2.ClH/c1-17-13-7-11(8-14(9-13)18-2)10-16-5-3-12(15)4-6-16;/h7-9,12H,3-6,10,15H2,1-2H3;1H. The summed E-state index contributed by atoms with van der Waals surface area (Å²) in [6.45, 7) is 3.07. The molecule has 1 aliphatic rings. The van der Waals surface area contributed by atoms with E-state index in [-0.39, 0.29) is 12.4 Å². The minimum absolute atomic E-state index is 0. The lowest BCUT2D eigenvalue weighted by Gasteiger charge is -2.30. The van der Waals surface area contributed by atoms with Crippen molar-refractivity contribution < 1.29 is 9.47 Å². The fourth-order valence-electron chi connectivity index (χ4n) is 2.33. The van der Waals surface area contributed by atoms with E-state index in [1.54, 1.807) is 14.2 Å². The van der Waals surface area contributed by atoms with Gasteiger partial charge in [0.15, 0.2) is 0 Å². The van der Waals surface area contributed by atoms with Crippen LogP contribution in [-0.2, 0) is 6.54 Å². The Kier molecular flexibility index (Phi) is 6.42. The Hall–Kier alpha value is -0.970. The number of benzene rings is 1. The van der Waals surface area contributed by atoms with Gasteiger partial charge in [-0.25, -0.2) is 0 Å². The van der Waals surface area contributed by atoms with E-state index < -0.39 is 0 Å². The normalized spacial score (nSPS) is 16.8. The van der Waals surface area contributed by atoms with Crippen molar-refractivity contribution >= 4 is 12.4 Å². The van der Waals surface area contributed by atoms with Crippen LogP contribution in [0, 0.1) is 0 Å². The van der Waals surface area contributed by atoms with Crippen molar-refractivity contribution in [2.45, 2.75) is 25.4 Å². The van der Waals surface area contributed by atoms with Crippen LogP contribution < -0.4 is 15.2 Å². The number of nitrogens with zero attached hydrogens (tertiary/aromatic N) is 1. The predicted molar refractivity (Wildman–Crippen MR) is 79.3 cm³/mol. The van der Waals surface area contributed by atoms with Gasteiger partial charge in [-0.2, -0.15) is 0 Å². The van der Waals surface area contributed by atoms with E-state index in [9.17, 15) is 0 Å². The first-order valence-electron chi connectivity index (χ1n) is 6.41. The Morgan fingerprint density at radius 1 is 1.11 bits per heavy atom. The van der Waals surface area contributed by atoms with Gasteiger partial charge in [0.25, 0.3) is 0 Å². The number of piperidine rings is 1. The first-order valence-corrected chi connectivity index (χ1v) is 6.41. The number of nitrogens with two attached hydrogens (primary N) is 1. The number of ether oxygens (including phenoxy) is 2. The lowest BCUT2D eigenvalue weighted by atomic mass is 10.1. The molecule has 1 aromatic rings. The van der Waals surface area contributed by atoms with Crippen LogP contribution in [-0.4, -0.2) is 38.3 Å². The van der Waals surface area contributed by atoms with Crippen molar-refractivity contribution in [2.75, 3.05) is 27.3 Å². The molecular weight excluding hydrogens is 264 g/mol. The van der Waals surface area contributed by atoms with Crippen LogP contribution in [0.2, 0.25) is 0 Å². The van der Waals surface area contributed by atoms with E-state index in [0.29, 0.717) is 6.04 Å². The molecule has 0 unspecified atom stereocenters. The molecule has 0 radical (unpaired) electrons. The highest BCUT2D eigenvalue weighted by molar-refractivity contribution is 5.85.